The van der Waals surface area contributed by atoms with E-state index in [0.29, 0.717) is 27.8 Å². The molecule has 0 heterocycles. The summed E-state index contributed by atoms with van der Waals surface area (Å²) in [5.41, 5.74) is 3.73. The summed E-state index contributed by atoms with van der Waals surface area (Å²) in [7, 11) is 0. The number of aryl methyl sites for hydroxylation is 2. The number of rotatable bonds is 9. The van der Waals surface area contributed by atoms with Crippen LogP contribution < -0.4 is 10.1 Å². The van der Waals surface area contributed by atoms with Crippen molar-refractivity contribution in [1.82, 2.24) is 10.2 Å². The molecule has 0 aliphatic carbocycles. The van der Waals surface area contributed by atoms with Crippen LogP contribution in [0.5, 0.6) is 5.75 Å². The van der Waals surface area contributed by atoms with Gasteiger partial charge in [0.2, 0.25) is 5.91 Å². The summed E-state index contributed by atoms with van der Waals surface area (Å²) in [6, 6.07) is 8.43. The topological polar surface area (TPSA) is 58.6 Å². The molecular weight excluding hydrogens is 447 g/mol. The van der Waals surface area contributed by atoms with Crippen molar-refractivity contribution in [3.05, 3.63) is 62.6 Å². The smallest absolute Gasteiger partial charge is 0.261 e. The molecule has 0 saturated heterocycles. The molecular formula is C25H32Cl2N2O3. The Hall–Kier alpha value is -2.24. The highest BCUT2D eigenvalue weighted by Crippen LogP contribution is 2.28. The Kier molecular flexibility index (Phi) is 9.41. The van der Waals surface area contributed by atoms with E-state index in [9.17, 15) is 9.59 Å². The van der Waals surface area contributed by atoms with Crippen LogP contribution in [0.4, 0.5) is 0 Å². The number of hydrogen-bond donors (Lipinski definition) is 1. The predicted octanol–water partition coefficient (Wildman–Crippen LogP) is 5.63. The molecule has 0 saturated carbocycles. The highest BCUT2D eigenvalue weighted by atomic mass is 35.5. The van der Waals surface area contributed by atoms with E-state index in [0.717, 1.165) is 16.7 Å². The van der Waals surface area contributed by atoms with Gasteiger partial charge in [-0.25, -0.2) is 0 Å². The van der Waals surface area contributed by atoms with Crippen LogP contribution >= 0.6 is 23.2 Å². The van der Waals surface area contributed by atoms with E-state index in [-0.39, 0.29) is 31.0 Å². The quantitative estimate of drug-likeness (QED) is 0.507. The van der Waals surface area contributed by atoms with Gasteiger partial charge in [0.25, 0.3) is 5.91 Å². The van der Waals surface area contributed by atoms with E-state index < -0.39 is 6.04 Å². The summed E-state index contributed by atoms with van der Waals surface area (Å²) in [5.74, 6) is 0.123. The maximum Gasteiger partial charge on any atom is 0.261 e. The van der Waals surface area contributed by atoms with Crippen LogP contribution in [-0.4, -0.2) is 35.4 Å². The van der Waals surface area contributed by atoms with Crippen molar-refractivity contribution in [2.45, 2.75) is 66.6 Å². The first-order valence-corrected chi connectivity index (χ1v) is 11.5. The average Bonchev–Trinajstić information content (AvgIpc) is 2.70. The van der Waals surface area contributed by atoms with Gasteiger partial charge < -0.3 is 15.0 Å². The lowest BCUT2D eigenvalue weighted by Crippen LogP contribution is -2.51. The van der Waals surface area contributed by atoms with Gasteiger partial charge in [-0.2, -0.15) is 0 Å². The molecule has 2 aromatic rings. The van der Waals surface area contributed by atoms with E-state index >= 15 is 0 Å². The van der Waals surface area contributed by atoms with Gasteiger partial charge in [-0.05, 0) is 75.9 Å². The Morgan fingerprint density at radius 3 is 2.28 bits per heavy atom. The van der Waals surface area contributed by atoms with Crippen molar-refractivity contribution < 1.29 is 14.3 Å². The molecule has 2 rings (SSSR count). The Bertz CT molecular complexity index is 956. The van der Waals surface area contributed by atoms with Crippen molar-refractivity contribution in [3.63, 3.8) is 0 Å². The van der Waals surface area contributed by atoms with Gasteiger partial charge in [-0.3, -0.25) is 9.59 Å². The Morgan fingerprint density at radius 2 is 1.72 bits per heavy atom. The lowest BCUT2D eigenvalue weighted by Gasteiger charge is -2.31. The second kappa shape index (κ2) is 11.6. The van der Waals surface area contributed by atoms with Crippen LogP contribution in [0, 0.1) is 20.8 Å². The molecule has 2 amide bonds. The number of ether oxygens (including phenoxy) is 1. The zero-order valence-corrected chi connectivity index (χ0v) is 21.1. The van der Waals surface area contributed by atoms with Crippen molar-refractivity contribution in [2.24, 2.45) is 0 Å². The largest absolute Gasteiger partial charge is 0.483 e. The van der Waals surface area contributed by atoms with E-state index in [1.807, 2.05) is 47.6 Å². The first kappa shape index (κ1) is 26.0. The van der Waals surface area contributed by atoms with Gasteiger partial charge in [0.15, 0.2) is 6.61 Å². The minimum Gasteiger partial charge on any atom is -0.483 e. The monoisotopic (exact) mass is 478 g/mol. The molecule has 0 aliphatic rings. The fourth-order valence-electron chi connectivity index (χ4n) is 3.53. The van der Waals surface area contributed by atoms with Crippen LogP contribution in [-0.2, 0) is 16.1 Å². The van der Waals surface area contributed by atoms with Crippen LogP contribution in [0.2, 0.25) is 10.0 Å². The number of carbonyl (C=O) groups is 2. The lowest BCUT2D eigenvalue weighted by atomic mass is 10.1. The molecule has 1 N–H and O–H groups in total. The second-order valence-electron chi connectivity index (χ2n) is 8.30. The summed E-state index contributed by atoms with van der Waals surface area (Å²) < 4.78 is 5.91. The third kappa shape index (κ3) is 6.63. The highest BCUT2D eigenvalue weighted by molar-refractivity contribution is 6.36. The number of nitrogens with zero attached hydrogens (tertiary/aromatic N) is 1. The molecule has 0 radical (unpaired) electrons. The number of hydrogen-bond acceptors (Lipinski definition) is 3. The predicted molar refractivity (Wildman–Crippen MR) is 131 cm³/mol. The molecule has 0 fully saturated rings. The van der Waals surface area contributed by atoms with Crippen molar-refractivity contribution in [1.29, 1.82) is 0 Å². The maximum atomic E-state index is 13.4. The summed E-state index contributed by atoms with van der Waals surface area (Å²) in [6.07, 6.45) is 0.439. The minimum atomic E-state index is -0.679. The fourth-order valence-corrected chi connectivity index (χ4v) is 4.04. The molecule has 0 spiro atoms. The zero-order chi connectivity index (χ0) is 24.0. The molecule has 174 valence electrons. The third-order valence-electron chi connectivity index (χ3n) is 5.32. The van der Waals surface area contributed by atoms with Crippen molar-refractivity contribution in [2.75, 3.05) is 6.61 Å². The van der Waals surface area contributed by atoms with Crippen molar-refractivity contribution in [3.8, 4) is 5.75 Å². The van der Waals surface area contributed by atoms with E-state index in [2.05, 4.69) is 11.4 Å². The van der Waals surface area contributed by atoms with Gasteiger partial charge in [-0.15, -0.1) is 0 Å². The Morgan fingerprint density at radius 1 is 1.09 bits per heavy atom. The molecule has 0 aliphatic heterocycles. The molecule has 7 heteroatoms. The minimum absolute atomic E-state index is 0.0495. The number of nitrogens with one attached hydrogen (secondary N) is 1. The molecule has 32 heavy (non-hydrogen) atoms. The molecule has 0 bridgehead atoms. The Balaban J connectivity index is 2.34. The molecule has 2 aromatic carbocycles. The van der Waals surface area contributed by atoms with Gasteiger partial charge >= 0.3 is 0 Å². The van der Waals surface area contributed by atoms with Gasteiger partial charge in [0.05, 0.1) is 0 Å². The summed E-state index contributed by atoms with van der Waals surface area (Å²) in [4.78, 5) is 27.7. The maximum absolute atomic E-state index is 13.4. The SMILES string of the molecule is CC[C@H](C(=O)NC(C)C)N(Cc1c(Cl)cccc1Cl)C(=O)COc1cc(C)cc(C)c1C. The number of amides is 2. The number of carbonyl (C=O) groups excluding carboxylic acids is 2. The fraction of sp³-hybridized carbons (Fsp3) is 0.440. The van der Waals surface area contributed by atoms with Crippen LogP contribution in [0.15, 0.2) is 30.3 Å². The molecule has 0 unspecified atom stereocenters. The van der Waals surface area contributed by atoms with Gasteiger partial charge in [0.1, 0.15) is 11.8 Å². The first-order chi connectivity index (χ1) is 15.0. The first-order valence-electron chi connectivity index (χ1n) is 10.8. The standard InChI is InChI=1S/C25H32Cl2N2O3/c1-7-22(25(31)28-15(2)3)29(13-19-20(26)9-8-10-21(19)27)24(30)14-32-23-12-16(4)11-17(5)18(23)6/h8-12,15,22H,7,13-14H2,1-6H3,(H,28,31)/t22-/m1/s1. The zero-order valence-electron chi connectivity index (χ0n) is 19.6. The molecule has 5 nitrogen and oxygen atoms in total. The summed E-state index contributed by atoms with van der Waals surface area (Å²) >= 11 is 12.7. The van der Waals surface area contributed by atoms with Gasteiger partial charge in [0, 0.05) is 28.2 Å². The lowest BCUT2D eigenvalue weighted by molar-refractivity contribution is -0.143. The molecule has 0 aromatic heterocycles. The third-order valence-corrected chi connectivity index (χ3v) is 6.03. The summed E-state index contributed by atoms with van der Waals surface area (Å²) in [6.45, 7) is 11.5. The van der Waals surface area contributed by atoms with E-state index in [1.54, 1.807) is 18.2 Å². The van der Waals surface area contributed by atoms with Crippen molar-refractivity contribution >= 4 is 35.0 Å². The van der Waals surface area contributed by atoms with Crippen LogP contribution in [0.1, 0.15) is 49.4 Å². The van der Waals surface area contributed by atoms with Crippen LogP contribution in [0.3, 0.4) is 0 Å². The second-order valence-corrected chi connectivity index (χ2v) is 9.12. The average molecular weight is 479 g/mol. The van der Waals surface area contributed by atoms with Crippen LogP contribution in [0.25, 0.3) is 0 Å². The van der Waals surface area contributed by atoms with E-state index in [1.165, 1.54) is 4.90 Å². The number of benzene rings is 2. The molecule has 1 atom stereocenters. The van der Waals surface area contributed by atoms with E-state index in [4.69, 9.17) is 27.9 Å². The summed E-state index contributed by atoms with van der Waals surface area (Å²) in [5, 5.41) is 3.79. The normalized spacial score (nSPS) is 11.9. The van der Waals surface area contributed by atoms with Gasteiger partial charge in [-0.1, -0.05) is 42.3 Å². The highest BCUT2D eigenvalue weighted by Gasteiger charge is 2.30. The number of halogens is 2. The Labute approximate surface area is 201 Å².